The number of hydrogen-bond donors (Lipinski definition) is 1. The van der Waals surface area contributed by atoms with Gasteiger partial charge in [0.15, 0.2) is 0 Å². The van der Waals surface area contributed by atoms with Crippen molar-refractivity contribution in [1.82, 2.24) is 20.0 Å². The van der Waals surface area contributed by atoms with E-state index in [4.69, 9.17) is 5.10 Å². The van der Waals surface area contributed by atoms with Crippen LogP contribution in [-0.2, 0) is 4.79 Å². The highest BCUT2D eigenvalue weighted by Gasteiger charge is 2.24. The zero-order chi connectivity index (χ0) is 26.5. The van der Waals surface area contributed by atoms with Gasteiger partial charge in [-0.25, -0.2) is 9.07 Å². The zero-order valence-electron chi connectivity index (χ0n) is 20.6. The van der Waals surface area contributed by atoms with Crippen molar-refractivity contribution in [3.8, 4) is 16.9 Å². The first kappa shape index (κ1) is 25.6. The molecule has 3 aromatic carbocycles. The molecule has 5 rings (SSSR count). The zero-order valence-corrected chi connectivity index (χ0v) is 22.2. The number of para-hydroxylation sites is 1. The van der Waals surface area contributed by atoms with Crippen LogP contribution in [0.15, 0.2) is 95.2 Å². The van der Waals surface area contributed by atoms with E-state index < -0.39 is 0 Å². The van der Waals surface area contributed by atoms with Crippen molar-refractivity contribution in [2.45, 2.75) is 19.3 Å². The summed E-state index contributed by atoms with van der Waals surface area (Å²) in [7, 11) is 0. The molecule has 192 valence electrons. The van der Waals surface area contributed by atoms with Gasteiger partial charge in [0.2, 0.25) is 0 Å². The van der Waals surface area contributed by atoms with Gasteiger partial charge >= 0.3 is 0 Å². The summed E-state index contributed by atoms with van der Waals surface area (Å²) >= 11 is 3.38. The van der Waals surface area contributed by atoms with Gasteiger partial charge in [0, 0.05) is 40.4 Å². The molecule has 1 saturated heterocycles. The molecule has 1 aliphatic rings. The summed E-state index contributed by atoms with van der Waals surface area (Å²) in [5, 5.41) is 7.61. The van der Waals surface area contributed by atoms with Gasteiger partial charge in [0.25, 0.3) is 11.8 Å². The van der Waals surface area contributed by atoms with Crippen LogP contribution in [-0.4, -0.2) is 39.6 Å². The maximum atomic E-state index is 13.7. The summed E-state index contributed by atoms with van der Waals surface area (Å²) < 4.78 is 16.3. The molecule has 0 saturated carbocycles. The van der Waals surface area contributed by atoms with Crippen LogP contribution in [0, 0.1) is 5.82 Å². The lowest BCUT2D eigenvalue weighted by molar-refractivity contribution is -0.128. The monoisotopic (exact) mass is 572 g/mol. The molecule has 6 nitrogen and oxygen atoms in total. The van der Waals surface area contributed by atoms with Crippen LogP contribution in [0.3, 0.4) is 0 Å². The van der Waals surface area contributed by atoms with Crippen molar-refractivity contribution >= 4 is 33.8 Å². The second-order valence-corrected chi connectivity index (χ2v) is 10.0. The van der Waals surface area contributed by atoms with Crippen LogP contribution >= 0.6 is 15.9 Å². The number of aromatic nitrogens is 2. The van der Waals surface area contributed by atoms with E-state index in [0.717, 1.165) is 29.4 Å². The minimum Gasteiger partial charge on any atom is -0.337 e. The molecule has 1 aromatic heterocycles. The predicted molar refractivity (Wildman–Crippen MR) is 149 cm³/mol. The average molecular weight is 573 g/mol. The van der Waals surface area contributed by atoms with Crippen molar-refractivity contribution in [1.29, 1.82) is 0 Å². The summed E-state index contributed by atoms with van der Waals surface area (Å²) in [6, 6.07) is 22.6. The van der Waals surface area contributed by atoms with Gasteiger partial charge in [-0.2, -0.15) is 5.10 Å². The standard InChI is InChI=1S/C30H26BrFN4O2/c31-24-13-9-22(10-14-24)29(37)33-27(30(38)35-17-5-2-6-18-35)19-23-20-36(26-7-3-1-4-8-26)34-28(23)21-11-15-25(32)16-12-21/h1,3-4,7-16,19-20H,2,5-6,17-18H2,(H,33,37)/b27-19-. The van der Waals surface area contributed by atoms with E-state index in [1.165, 1.54) is 12.1 Å². The maximum absolute atomic E-state index is 13.7. The summed E-state index contributed by atoms with van der Waals surface area (Å²) in [4.78, 5) is 28.6. The third-order valence-corrected chi connectivity index (χ3v) is 6.94. The fourth-order valence-corrected chi connectivity index (χ4v) is 4.67. The molecule has 1 aliphatic heterocycles. The molecule has 0 aliphatic carbocycles. The van der Waals surface area contributed by atoms with Crippen molar-refractivity contribution in [2.24, 2.45) is 0 Å². The van der Waals surface area contributed by atoms with Crippen LogP contribution in [0.5, 0.6) is 0 Å². The number of carbonyl (C=O) groups is 2. The Labute approximate surface area is 228 Å². The summed E-state index contributed by atoms with van der Waals surface area (Å²) in [5.41, 5.74) is 3.31. The lowest BCUT2D eigenvalue weighted by Crippen LogP contribution is -2.41. The number of amides is 2. The largest absolute Gasteiger partial charge is 0.337 e. The summed E-state index contributed by atoms with van der Waals surface area (Å²) in [6.45, 7) is 1.27. The quantitative estimate of drug-likeness (QED) is 0.279. The van der Waals surface area contributed by atoms with Crippen LogP contribution in [0.2, 0.25) is 0 Å². The van der Waals surface area contributed by atoms with Gasteiger partial charge in [0.05, 0.1) is 5.69 Å². The molecule has 0 atom stereocenters. The van der Waals surface area contributed by atoms with E-state index in [-0.39, 0.29) is 23.3 Å². The van der Waals surface area contributed by atoms with Gasteiger partial charge in [0.1, 0.15) is 17.2 Å². The Kier molecular flexibility index (Phi) is 7.79. The minimum absolute atomic E-state index is 0.163. The molecule has 8 heteroatoms. The molecule has 1 fully saturated rings. The minimum atomic E-state index is -0.382. The molecule has 2 amide bonds. The number of nitrogens with one attached hydrogen (secondary N) is 1. The third kappa shape index (κ3) is 5.92. The number of piperidine rings is 1. The number of rotatable bonds is 6. The van der Waals surface area contributed by atoms with Crippen molar-refractivity contribution in [3.63, 3.8) is 0 Å². The number of likely N-dealkylation sites (tertiary alicyclic amines) is 1. The van der Waals surface area contributed by atoms with E-state index in [1.54, 1.807) is 52.1 Å². The fourth-order valence-electron chi connectivity index (χ4n) is 4.41. The molecular weight excluding hydrogens is 547 g/mol. The van der Waals surface area contributed by atoms with E-state index >= 15 is 0 Å². The maximum Gasteiger partial charge on any atom is 0.270 e. The van der Waals surface area contributed by atoms with E-state index in [1.807, 2.05) is 36.5 Å². The second-order valence-electron chi connectivity index (χ2n) is 9.09. The molecule has 0 unspecified atom stereocenters. The Morgan fingerprint density at radius 1 is 0.895 bits per heavy atom. The summed E-state index contributed by atoms with van der Waals surface area (Å²) in [6.07, 6.45) is 6.40. The van der Waals surface area contributed by atoms with Gasteiger partial charge < -0.3 is 10.2 Å². The van der Waals surface area contributed by atoms with E-state index in [9.17, 15) is 14.0 Å². The fraction of sp³-hybridized carbons (Fsp3) is 0.167. The lowest BCUT2D eigenvalue weighted by Gasteiger charge is -2.27. The Hall–Kier alpha value is -4.04. The predicted octanol–water partition coefficient (Wildman–Crippen LogP) is 6.22. The number of nitrogens with zero attached hydrogens (tertiary/aromatic N) is 3. The highest BCUT2D eigenvalue weighted by Crippen LogP contribution is 2.27. The molecule has 2 heterocycles. The smallest absolute Gasteiger partial charge is 0.270 e. The number of hydrogen-bond acceptors (Lipinski definition) is 3. The molecule has 0 spiro atoms. The van der Waals surface area contributed by atoms with Crippen molar-refractivity contribution < 1.29 is 14.0 Å². The van der Waals surface area contributed by atoms with Crippen LogP contribution in [0.1, 0.15) is 35.2 Å². The SMILES string of the molecule is O=C(N/C(=C\c1cn(-c2ccccc2)nc1-c1ccc(F)cc1)C(=O)N1CCCCC1)c1ccc(Br)cc1. The molecule has 0 radical (unpaired) electrons. The van der Waals surface area contributed by atoms with Gasteiger partial charge in [-0.3, -0.25) is 9.59 Å². The summed E-state index contributed by atoms with van der Waals surface area (Å²) in [5.74, 6) is -0.975. The average Bonchev–Trinajstić information content (AvgIpc) is 3.37. The number of halogens is 2. The van der Waals surface area contributed by atoms with Crippen LogP contribution in [0.4, 0.5) is 4.39 Å². The Morgan fingerprint density at radius 3 is 2.26 bits per heavy atom. The molecule has 1 N–H and O–H groups in total. The molecule has 0 bridgehead atoms. The molecular formula is C30H26BrFN4O2. The van der Waals surface area contributed by atoms with Gasteiger partial charge in [-0.05, 0) is 86.0 Å². The Balaban J connectivity index is 1.58. The number of benzene rings is 3. The topological polar surface area (TPSA) is 67.2 Å². The molecule has 38 heavy (non-hydrogen) atoms. The van der Waals surface area contributed by atoms with Gasteiger partial charge in [-0.15, -0.1) is 0 Å². The Morgan fingerprint density at radius 2 is 1.58 bits per heavy atom. The van der Waals surface area contributed by atoms with E-state index in [0.29, 0.717) is 35.5 Å². The second kappa shape index (κ2) is 11.6. The first-order valence-electron chi connectivity index (χ1n) is 12.5. The lowest BCUT2D eigenvalue weighted by atomic mass is 10.1. The normalized spacial score (nSPS) is 13.8. The highest BCUT2D eigenvalue weighted by atomic mass is 79.9. The first-order valence-corrected chi connectivity index (χ1v) is 13.3. The van der Waals surface area contributed by atoms with Crippen LogP contribution in [0.25, 0.3) is 23.0 Å². The first-order chi connectivity index (χ1) is 18.5. The van der Waals surface area contributed by atoms with Crippen molar-refractivity contribution in [2.75, 3.05) is 13.1 Å². The molecule has 4 aromatic rings. The Bertz CT molecular complexity index is 1460. The van der Waals surface area contributed by atoms with Crippen molar-refractivity contribution in [3.05, 3.63) is 112 Å². The third-order valence-electron chi connectivity index (χ3n) is 6.41. The highest BCUT2D eigenvalue weighted by molar-refractivity contribution is 9.10. The number of carbonyl (C=O) groups excluding carboxylic acids is 2. The van der Waals surface area contributed by atoms with Crippen LogP contribution < -0.4 is 5.32 Å². The van der Waals surface area contributed by atoms with Gasteiger partial charge in [-0.1, -0.05) is 34.1 Å². The van der Waals surface area contributed by atoms with E-state index in [2.05, 4.69) is 21.2 Å².